The normalized spacial score (nSPS) is 12.6. The maximum atomic E-state index is 8.51. The summed E-state index contributed by atoms with van der Waals surface area (Å²) in [4.78, 5) is 4.20. The largest absolute Gasteiger partial charge is 0.340 e. The Morgan fingerprint density at radius 1 is 1.46 bits per heavy atom. The summed E-state index contributed by atoms with van der Waals surface area (Å²) in [7, 11) is 0. The van der Waals surface area contributed by atoms with Crippen LogP contribution >= 0.6 is 0 Å². The van der Waals surface area contributed by atoms with Crippen molar-refractivity contribution < 1.29 is 10.1 Å². The van der Waals surface area contributed by atoms with E-state index in [0.29, 0.717) is 11.7 Å². The summed E-state index contributed by atoms with van der Waals surface area (Å²) in [6, 6.07) is 5.62. The Kier molecular flexibility index (Phi) is 3.32. The lowest BCUT2D eigenvalue weighted by atomic mass is 9.94. The zero-order valence-corrected chi connectivity index (χ0v) is 8.37. The van der Waals surface area contributed by atoms with E-state index in [2.05, 4.69) is 25.7 Å². The highest BCUT2D eigenvalue weighted by Crippen LogP contribution is 2.26. The van der Waals surface area contributed by atoms with E-state index in [0.717, 1.165) is 6.42 Å². The van der Waals surface area contributed by atoms with Crippen molar-refractivity contribution in [3.63, 3.8) is 0 Å². The first-order valence-electron chi connectivity index (χ1n) is 4.61. The van der Waals surface area contributed by atoms with E-state index in [-0.39, 0.29) is 0 Å². The van der Waals surface area contributed by atoms with Gasteiger partial charge in [0.05, 0.1) is 0 Å². The van der Waals surface area contributed by atoms with Crippen molar-refractivity contribution in [3.8, 4) is 5.75 Å². The van der Waals surface area contributed by atoms with Gasteiger partial charge in [-0.1, -0.05) is 19.9 Å². The molecule has 0 saturated heterocycles. The van der Waals surface area contributed by atoms with Crippen LogP contribution in [0, 0.1) is 6.92 Å². The monoisotopic (exact) mass is 180 g/mol. The second-order valence-electron chi connectivity index (χ2n) is 3.42. The molecule has 2 heteroatoms. The number of rotatable bonds is 3. The van der Waals surface area contributed by atoms with Crippen LogP contribution in [-0.4, -0.2) is 5.26 Å². The summed E-state index contributed by atoms with van der Waals surface area (Å²) in [5, 5.41) is 8.51. The van der Waals surface area contributed by atoms with Crippen LogP contribution in [0.5, 0.6) is 5.75 Å². The average Bonchev–Trinajstić information content (AvgIpc) is 2.17. The van der Waals surface area contributed by atoms with Crippen molar-refractivity contribution in [3.05, 3.63) is 29.3 Å². The van der Waals surface area contributed by atoms with Gasteiger partial charge in [0.1, 0.15) is 0 Å². The van der Waals surface area contributed by atoms with Gasteiger partial charge in [-0.15, -0.1) is 0 Å². The summed E-state index contributed by atoms with van der Waals surface area (Å²) in [6.07, 6.45) is 1.09. The molecule has 0 radical (unpaired) electrons. The molecule has 0 bridgehead atoms. The Balaban J connectivity index is 3.03. The molecule has 72 valence electrons. The summed E-state index contributed by atoms with van der Waals surface area (Å²) in [6.45, 7) is 6.39. The fraction of sp³-hybridized carbons (Fsp3) is 0.455. The lowest BCUT2D eigenvalue weighted by Gasteiger charge is -2.12. The highest BCUT2D eigenvalue weighted by Gasteiger charge is 2.07. The van der Waals surface area contributed by atoms with E-state index in [4.69, 9.17) is 5.26 Å². The quantitative estimate of drug-likeness (QED) is 0.571. The van der Waals surface area contributed by atoms with Gasteiger partial charge in [-0.2, -0.15) is 0 Å². The predicted molar refractivity (Wildman–Crippen MR) is 53.1 cm³/mol. The van der Waals surface area contributed by atoms with Gasteiger partial charge in [0.25, 0.3) is 0 Å². The van der Waals surface area contributed by atoms with Crippen molar-refractivity contribution in [2.45, 2.75) is 33.1 Å². The van der Waals surface area contributed by atoms with Gasteiger partial charge in [-0.3, -0.25) is 0 Å². The van der Waals surface area contributed by atoms with Crippen molar-refractivity contribution in [1.82, 2.24) is 0 Å². The third-order valence-electron chi connectivity index (χ3n) is 2.50. The third kappa shape index (κ3) is 2.22. The van der Waals surface area contributed by atoms with E-state index >= 15 is 0 Å². The minimum Gasteiger partial charge on any atom is -0.340 e. The van der Waals surface area contributed by atoms with Gasteiger partial charge in [-0.25, -0.2) is 5.26 Å². The maximum absolute atomic E-state index is 8.51. The van der Waals surface area contributed by atoms with Crippen molar-refractivity contribution >= 4 is 0 Å². The highest BCUT2D eigenvalue weighted by molar-refractivity contribution is 5.36. The zero-order valence-electron chi connectivity index (χ0n) is 8.37. The fourth-order valence-electron chi connectivity index (χ4n) is 1.43. The van der Waals surface area contributed by atoms with Gasteiger partial charge < -0.3 is 4.89 Å². The van der Waals surface area contributed by atoms with Gasteiger partial charge in [0, 0.05) is 0 Å². The molecule has 0 aliphatic heterocycles. The van der Waals surface area contributed by atoms with Gasteiger partial charge >= 0.3 is 0 Å². The first-order valence-corrected chi connectivity index (χ1v) is 4.61. The van der Waals surface area contributed by atoms with Crippen LogP contribution < -0.4 is 4.89 Å². The molecule has 2 nitrogen and oxygen atoms in total. The molecule has 0 fully saturated rings. The molecule has 0 aliphatic rings. The lowest BCUT2D eigenvalue weighted by molar-refractivity contribution is -0.137. The smallest absolute Gasteiger partial charge is 0.165 e. The number of hydrogen-bond acceptors (Lipinski definition) is 2. The summed E-state index contributed by atoms with van der Waals surface area (Å²) in [5.41, 5.74) is 2.49. The summed E-state index contributed by atoms with van der Waals surface area (Å²) in [5.74, 6) is 1.02. The molecule has 1 aromatic carbocycles. The molecule has 0 saturated carbocycles. The van der Waals surface area contributed by atoms with Crippen LogP contribution in [0.3, 0.4) is 0 Å². The second kappa shape index (κ2) is 4.28. The maximum Gasteiger partial charge on any atom is 0.165 e. The van der Waals surface area contributed by atoms with E-state index in [1.165, 1.54) is 11.1 Å². The third-order valence-corrected chi connectivity index (χ3v) is 2.50. The molecule has 1 atom stereocenters. The van der Waals surface area contributed by atoms with E-state index in [1.54, 1.807) is 6.07 Å². The van der Waals surface area contributed by atoms with E-state index in [9.17, 15) is 0 Å². The molecule has 0 spiro atoms. The molecule has 0 aliphatic carbocycles. The number of hydrogen-bond donors (Lipinski definition) is 1. The molecule has 1 rings (SSSR count). The Labute approximate surface area is 79.1 Å². The van der Waals surface area contributed by atoms with Crippen molar-refractivity contribution in [2.75, 3.05) is 0 Å². The fourth-order valence-corrected chi connectivity index (χ4v) is 1.43. The van der Waals surface area contributed by atoms with Crippen LogP contribution in [0.4, 0.5) is 0 Å². The Hall–Kier alpha value is -1.02. The van der Waals surface area contributed by atoms with Crippen molar-refractivity contribution in [2.24, 2.45) is 0 Å². The molecule has 1 unspecified atom stereocenters. The zero-order chi connectivity index (χ0) is 9.84. The van der Waals surface area contributed by atoms with Crippen LogP contribution in [0.2, 0.25) is 0 Å². The molecule has 0 amide bonds. The minimum absolute atomic E-state index is 0.509. The number of aryl methyl sites for hydroxylation is 1. The second-order valence-corrected chi connectivity index (χ2v) is 3.42. The van der Waals surface area contributed by atoms with Crippen LogP contribution in [0.25, 0.3) is 0 Å². The first kappa shape index (κ1) is 10.1. The van der Waals surface area contributed by atoms with Crippen LogP contribution in [0.1, 0.15) is 37.3 Å². The number of benzene rings is 1. The molecule has 0 heterocycles. The predicted octanol–water partition coefficient (Wildman–Crippen LogP) is 3.36. The van der Waals surface area contributed by atoms with Gasteiger partial charge in [-0.05, 0) is 42.5 Å². The average molecular weight is 180 g/mol. The minimum atomic E-state index is 0.509. The molecule has 0 aromatic heterocycles. The Morgan fingerprint density at radius 2 is 2.15 bits per heavy atom. The highest BCUT2D eigenvalue weighted by atomic mass is 17.1. The summed E-state index contributed by atoms with van der Waals surface area (Å²) < 4.78 is 0. The Bertz CT molecular complexity index is 281. The van der Waals surface area contributed by atoms with Crippen molar-refractivity contribution in [1.29, 1.82) is 0 Å². The molecule has 1 N–H and O–H groups in total. The van der Waals surface area contributed by atoms with Crippen LogP contribution in [0.15, 0.2) is 18.2 Å². The van der Waals surface area contributed by atoms with E-state index in [1.807, 2.05) is 12.1 Å². The molecular formula is C11H16O2. The topological polar surface area (TPSA) is 29.5 Å². The lowest BCUT2D eigenvalue weighted by Crippen LogP contribution is -1.96. The van der Waals surface area contributed by atoms with Crippen LogP contribution in [-0.2, 0) is 0 Å². The molecule has 13 heavy (non-hydrogen) atoms. The summed E-state index contributed by atoms with van der Waals surface area (Å²) >= 11 is 0. The molecular weight excluding hydrogens is 164 g/mol. The first-order chi connectivity index (χ1) is 6.19. The van der Waals surface area contributed by atoms with Gasteiger partial charge in [0.2, 0.25) is 0 Å². The van der Waals surface area contributed by atoms with E-state index < -0.39 is 0 Å². The van der Waals surface area contributed by atoms with Gasteiger partial charge in [0.15, 0.2) is 5.75 Å². The standard InChI is InChI=1S/C11H16O2/c1-4-8(2)11-7-10(13-12)6-5-9(11)3/h5-8,12H,4H2,1-3H3. The SMILES string of the molecule is CCC(C)c1cc(OO)ccc1C. The Morgan fingerprint density at radius 3 is 2.69 bits per heavy atom. The molecule has 1 aromatic rings.